The highest BCUT2D eigenvalue weighted by atomic mass is 32.2. The summed E-state index contributed by atoms with van der Waals surface area (Å²) in [7, 11) is -2.21. The standard InChI is InChI=1S/C11H14N2O4S2/c1-13-10(14)7-9(11(13)15)12-19(16,17)6-4-8-3-2-5-18-8/h2-3,5,9,12H,4,6-7H2,1H3/t9-/m0/s1. The molecule has 1 atom stereocenters. The molecule has 8 heteroatoms. The molecule has 0 spiro atoms. The summed E-state index contributed by atoms with van der Waals surface area (Å²) >= 11 is 1.49. The molecule has 0 aliphatic carbocycles. The molecular weight excluding hydrogens is 288 g/mol. The number of carbonyl (C=O) groups excluding carboxylic acids is 2. The Morgan fingerprint density at radius 2 is 2.21 bits per heavy atom. The van der Waals surface area contributed by atoms with Gasteiger partial charge in [0.25, 0.3) is 0 Å². The summed E-state index contributed by atoms with van der Waals surface area (Å²) in [6.07, 6.45) is 0.297. The fourth-order valence-corrected chi connectivity index (χ4v) is 3.88. The SMILES string of the molecule is CN1C(=O)C[C@H](NS(=O)(=O)CCc2cccs2)C1=O. The Morgan fingerprint density at radius 3 is 2.74 bits per heavy atom. The van der Waals surface area contributed by atoms with E-state index in [9.17, 15) is 18.0 Å². The van der Waals surface area contributed by atoms with Crippen LogP contribution < -0.4 is 4.72 Å². The number of amides is 2. The van der Waals surface area contributed by atoms with Crippen LogP contribution in [0.25, 0.3) is 0 Å². The fourth-order valence-electron chi connectivity index (χ4n) is 1.81. The number of hydrogen-bond acceptors (Lipinski definition) is 5. The molecule has 1 aliphatic rings. The Balaban J connectivity index is 1.94. The number of nitrogens with zero attached hydrogens (tertiary/aromatic N) is 1. The van der Waals surface area contributed by atoms with E-state index in [0.717, 1.165) is 9.78 Å². The predicted octanol–water partition coefficient (Wildman–Crippen LogP) is -0.0327. The van der Waals surface area contributed by atoms with Crippen LogP contribution in [0.3, 0.4) is 0 Å². The van der Waals surface area contributed by atoms with Crippen LogP contribution in [0.5, 0.6) is 0 Å². The van der Waals surface area contributed by atoms with Crippen LogP contribution in [0, 0.1) is 0 Å². The van der Waals surface area contributed by atoms with Gasteiger partial charge in [0, 0.05) is 11.9 Å². The maximum atomic E-state index is 11.9. The van der Waals surface area contributed by atoms with E-state index in [1.807, 2.05) is 17.5 Å². The van der Waals surface area contributed by atoms with Gasteiger partial charge in [-0.15, -0.1) is 11.3 Å². The molecule has 1 N–H and O–H groups in total. The van der Waals surface area contributed by atoms with Gasteiger partial charge in [0.15, 0.2) is 0 Å². The van der Waals surface area contributed by atoms with Crippen molar-refractivity contribution in [1.29, 1.82) is 0 Å². The van der Waals surface area contributed by atoms with Crippen LogP contribution in [0.2, 0.25) is 0 Å². The van der Waals surface area contributed by atoms with E-state index < -0.39 is 22.0 Å². The molecule has 0 saturated carbocycles. The van der Waals surface area contributed by atoms with Crippen molar-refractivity contribution in [2.45, 2.75) is 18.9 Å². The van der Waals surface area contributed by atoms with E-state index >= 15 is 0 Å². The quantitative estimate of drug-likeness (QED) is 0.774. The molecule has 1 aliphatic heterocycles. The van der Waals surface area contributed by atoms with Gasteiger partial charge in [-0.2, -0.15) is 0 Å². The lowest BCUT2D eigenvalue weighted by atomic mass is 10.3. The molecular formula is C11H14N2O4S2. The van der Waals surface area contributed by atoms with E-state index in [4.69, 9.17) is 0 Å². The first-order chi connectivity index (χ1) is 8.89. The number of hydrogen-bond donors (Lipinski definition) is 1. The van der Waals surface area contributed by atoms with Crippen molar-refractivity contribution < 1.29 is 18.0 Å². The maximum absolute atomic E-state index is 11.9. The summed E-state index contributed by atoms with van der Waals surface area (Å²) < 4.78 is 26.0. The third-order valence-electron chi connectivity index (χ3n) is 2.90. The number of imide groups is 1. The van der Waals surface area contributed by atoms with Gasteiger partial charge in [0.2, 0.25) is 21.8 Å². The third kappa shape index (κ3) is 3.40. The summed E-state index contributed by atoms with van der Waals surface area (Å²) in [6.45, 7) is 0. The lowest BCUT2D eigenvalue weighted by Gasteiger charge is -2.11. The largest absolute Gasteiger partial charge is 0.284 e. The van der Waals surface area contributed by atoms with E-state index in [1.165, 1.54) is 18.4 Å². The second-order valence-electron chi connectivity index (χ2n) is 4.31. The molecule has 0 radical (unpaired) electrons. The van der Waals surface area contributed by atoms with Crippen LogP contribution >= 0.6 is 11.3 Å². The number of aryl methyl sites for hydroxylation is 1. The van der Waals surface area contributed by atoms with Crippen LogP contribution in [0.4, 0.5) is 0 Å². The van der Waals surface area contributed by atoms with Gasteiger partial charge in [0.05, 0.1) is 12.2 Å². The van der Waals surface area contributed by atoms with Crippen LogP contribution in [-0.2, 0) is 26.0 Å². The fraction of sp³-hybridized carbons (Fsp3) is 0.455. The van der Waals surface area contributed by atoms with Gasteiger partial charge < -0.3 is 0 Å². The lowest BCUT2D eigenvalue weighted by molar-refractivity contribution is -0.137. The van der Waals surface area contributed by atoms with Crippen molar-refractivity contribution in [3.05, 3.63) is 22.4 Å². The van der Waals surface area contributed by atoms with Crippen molar-refractivity contribution in [2.75, 3.05) is 12.8 Å². The smallest absolute Gasteiger partial charge is 0.247 e. The Morgan fingerprint density at radius 1 is 1.47 bits per heavy atom. The third-order valence-corrected chi connectivity index (χ3v) is 5.22. The zero-order valence-corrected chi connectivity index (χ0v) is 12.0. The average molecular weight is 302 g/mol. The van der Waals surface area contributed by atoms with Crippen LogP contribution in [0.1, 0.15) is 11.3 Å². The molecule has 1 aromatic heterocycles. The minimum Gasteiger partial charge on any atom is -0.284 e. The van der Waals surface area contributed by atoms with Gasteiger partial charge >= 0.3 is 0 Å². The predicted molar refractivity (Wildman–Crippen MR) is 71.1 cm³/mol. The molecule has 1 saturated heterocycles. The minimum atomic E-state index is -3.56. The van der Waals surface area contributed by atoms with Gasteiger partial charge in [0.1, 0.15) is 6.04 Å². The summed E-state index contributed by atoms with van der Waals surface area (Å²) in [5.41, 5.74) is 0. The molecule has 0 aromatic carbocycles. The highest BCUT2D eigenvalue weighted by Crippen LogP contribution is 2.13. The molecule has 0 unspecified atom stereocenters. The normalized spacial score (nSPS) is 20.3. The van der Waals surface area contributed by atoms with Crippen molar-refractivity contribution in [1.82, 2.24) is 9.62 Å². The van der Waals surface area contributed by atoms with Gasteiger partial charge in [-0.1, -0.05) is 6.07 Å². The Labute approximate surface area is 115 Å². The molecule has 2 amide bonds. The van der Waals surface area contributed by atoms with Crippen LogP contribution in [-0.4, -0.2) is 44.0 Å². The molecule has 2 rings (SSSR count). The number of rotatable bonds is 5. The van der Waals surface area contributed by atoms with Crippen molar-refractivity contribution in [3.8, 4) is 0 Å². The zero-order valence-electron chi connectivity index (χ0n) is 10.3. The Kier molecular flexibility index (Phi) is 4.02. The number of sulfonamides is 1. The first kappa shape index (κ1) is 14.2. The highest BCUT2D eigenvalue weighted by Gasteiger charge is 2.38. The number of nitrogens with one attached hydrogen (secondary N) is 1. The van der Waals surface area contributed by atoms with E-state index in [-0.39, 0.29) is 18.1 Å². The second-order valence-corrected chi connectivity index (χ2v) is 7.22. The molecule has 19 heavy (non-hydrogen) atoms. The molecule has 0 bridgehead atoms. The topological polar surface area (TPSA) is 83.6 Å². The highest BCUT2D eigenvalue weighted by molar-refractivity contribution is 7.89. The lowest BCUT2D eigenvalue weighted by Crippen LogP contribution is -2.41. The maximum Gasteiger partial charge on any atom is 0.247 e. The molecule has 1 fully saturated rings. The first-order valence-corrected chi connectivity index (χ1v) is 8.25. The van der Waals surface area contributed by atoms with Gasteiger partial charge in [-0.25, -0.2) is 13.1 Å². The van der Waals surface area contributed by atoms with E-state index in [1.54, 1.807) is 0 Å². The molecule has 104 valence electrons. The number of likely N-dealkylation sites (N-methyl/N-ethyl adjacent to an activating group) is 1. The molecule has 2 heterocycles. The van der Waals surface area contributed by atoms with E-state index in [2.05, 4.69) is 4.72 Å². The van der Waals surface area contributed by atoms with Gasteiger partial charge in [-0.05, 0) is 17.9 Å². The van der Waals surface area contributed by atoms with E-state index in [0.29, 0.717) is 6.42 Å². The van der Waals surface area contributed by atoms with Gasteiger partial charge in [-0.3, -0.25) is 14.5 Å². The van der Waals surface area contributed by atoms with Crippen molar-refractivity contribution in [2.24, 2.45) is 0 Å². The minimum absolute atomic E-state index is 0.0881. The summed E-state index contributed by atoms with van der Waals surface area (Å²) in [6, 6.07) is 2.76. The zero-order chi connectivity index (χ0) is 14.0. The molecule has 6 nitrogen and oxygen atoms in total. The second kappa shape index (κ2) is 5.40. The van der Waals surface area contributed by atoms with Crippen LogP contribution in [0.15, 0.2) is 17.5 Å². The first-order valence-electron chi connectivity index (χ1n) is 5.72. The van der Waals surface area contributed by atoms with Crippen molar-refractivity contribution >= 4 is 33.2 Å². The number of carbonyl (C=O) groups is 2. The monoisotopic (exact) mass is 302 g/mol. The summed E-state index contributed by atoms with van der Waals surface area (Å²) in [5.74, 6) is -0.949. The summed E-state index contributed by atoms with van der Waals surface area (Å²) in [4.78, 5) is 24.8. The summed E-state index contributed by atoms with van der Waals surface area (Å²) in [5, 5.41) is 1.88. The van der Waals surface area contributed by atoms with Crippen molar-refractivity contribution in [3.63, 3.8) is 0 Å². The Hall–Kier alpha value is -1.25. The Bertz CT molecular complexity index is 580. The number of likely N-dealkylation sites (tertiary alicyclic amines) is 1. The number of thiophene rings is 1. The molecule has 1 aromatic rings. The average Bonchev–Trinajstić information content (AvgIpc) is 2.93.